The van der Waals surface area contributed by atoms with Gasteiger partial charge in [0.1, 0.15) is 23.1 Å². The predicted octanol–water partition coefficient (Wildman–Crippen LogP) is 4.24. The van der Waals surface area contributed by atoms with Crippen LogP contribution in [-0.2, 0) is 0 Å². The summed E-state index contributed by atoms with van der Waals surface area (Å²) in [5, 5.41) is 5.06. The molecule has 2 amide bonds. The molecule has 4 N–H and O–H groups in total. The molecule has 0 aliphatic rings. The molecule has 0 spiro atoms. The number of rotatable bonds is 4. The van der Waals surface area contributed by atoms with Crippen molar-refractivity contribution in [2.24, 2.45) is 0 Å². The first-order valence-electron chi connectivity index (χ1n) is 7.42. The Morgan fingerprint density at radius 3 is 2.36 bits per heavy atom. The number of nitrogens with one attached hydrogen (secondary N) is 2. The van der Waals surface area contributed by atoms with E-state index in [9.17, 15) is 9.18 Å². The average molecular weight is 338 g/mol. The van der Waals surface area contributed by atoms with Crippen LogP contribution in [0.3, 0.4) is 0 Å². The van der Waals surface area contributed by atoms with Gasteiger partial charge in [0.15, 0.2) is 0 Å². The fourth-order valence-corrected chi connectivity index (χ4v) is 2.04. The number of nitrogens with zero attached hydrogens (tertiary/aromatic N) is 1. The number of pyridine rings is 1. The molecule has 0 unspecified atom stereocenters. The van der Waals surface area contributed by atoms with Crippen molar-refractivity contribution in [1.82, 2.24) is 4.98 Å². The third-order valence-corrected chi connectivity index (χ3v) is 3.23. The molecule has 25 heavy (non-hydrogen) atoms. The van der Waals surface area contributed by atoms with Crippen molar-refractivity contribution in [3.63, 3.8) is 0 Å². The molecule has 3 rings (SSSR count). The van der Waals surface area contributed by atoms with Gasteiger partial charge in [0.05, 0.1) is 11.9 Å². The monoisotopic (exact) mass is 338 g/mol. The second kappa shape index (κ2) is 7.31. The number of para-hydroxylation sites is 1. The summed E-state index contributed by atoms with van der Waals surface area (Å²) in [5.41, 5.74) is 6.16. The molecular weight excluding hydrogens is 323 g/mol. The van der Waals surface area contributed by atoms with E-state index in [4.69, 9.17) is 10.5 Å². The molecule has 126 valence electrons. The number of nitrogen functional groups attached to an aromatic ring is 1. The molecule has 7 heteroatoms. The highest BCUT2D eigenvalue weighted by Gasteiger charge is 2.06. The van der Waals surface area contributed by atoms with E-state index in [0.717, 1.165) is 0 Å². The molecule has 0 atom stereocenters. The Bertz CT molecular complexity index is 867. The number of aromatic nitrogens is 1. The van der Waals surface area contributed by atoms with Gasteiger partial charge in [0.2, 0.25) is 0 Å². The van der Waals surface area contributed by atoms with Gasteiger partial charge in [0, 0.05) is 5.69 Å². The van der Waals surface area contributed by atoms with Crippen LogP contribution in [0.5, 0.6) is 11.5 Å². The van der Waals surface area contributed by atoms with Crippen LogP contribution in [0.15, 0.2) is 66.9 Å². The summed E-state index contributed by atoms with van der Waals surface area (Å²) in [7, 11) is 0. The molecule has 0 radical (unpaired) electrons. The third kappa shape index (κ3) is 4.44. The lowest BCUT2D eigenvalue weighted by molar-refractivity contribution is 0.262. The Kier molecular flexibility index (Phi) is 4.75. The summed E-state index contributed by atoms with van der Waals surface area (Å²) in [6.07, 6.45) is 1.52. The van der Waals surface area contributed by atoms with Crippen LogP contribution < -0.4 is 21.1 Å². The van der Waals surface area contributed by atoms with Crippen molar-refractivity contribution in [3.8, 4) is 11.5 Å². The Labute approximate surface area is 143 Å². The van der Waals surface area contributed by atoms with Crippen LogP contribution in [-0.4, -0.2) is 11.0 Å². The molecule has 2 aromatic carbocycles. The number of hydrogen-bond donors (Lipinski definition) is 3. The molecule has 0 aliphatic carbocycles. The van der Waals surface area contributed by atoms with Gasteiger partial charge in [-0.05, 0) is 48.5 Å². The summed E-state index contributed by atoms with van der Waals surface area (Å²) in [4.78, 5) is 15.8. The fraction of sp³-hybridized carbons (Fsp3) is 0. The first-order valence-corrected chi connectivity index (χ1v) is 7.42. The molecule has 6 nitrogen and oxygen atoms in total. The predicted molar refractivity (Wildman–Crippen MR) is 94.2 cm³/mol. The van der Waals surface area contributed by atoms with Gasteiger partial charge in [-0.3, -0.25) is 0 Å². The molecular formula is C18H15FN4O2. The maximum atomic E-state index is 13.5. The lowest BCUT2D eigenvalue weighted by Crippen LogP contribution is -2.19. The summed E-state index contributed by atoms with van der Waals surface area (Å²) in [6.45, 7) is 0. The summed E-state index contributed by atoms with van der Waals surface area (Å²) >= 11 is 0. The number of carbonyl (C=O) groups excluding carboxylic acids is 1. The maximum absolute atomic E-state index is 13.5. The van der Waals surface area contributed by atoms with Crippen molar-refractivity contribution < 1.29 is 13.9 Å². The number of amides is 2. The van der Waals surface area contributed by atoms with Crippen LogP contribution in [0.4, 0.5) is 26.4 Å². The first kappa shape index (κ1) is 16.3. The Morgan fingerprint density at radius 1 is 0.960 bits per heavy atom. The molecule has 0 fully saturated rings. The normalized spacial score (nSPS) is 10.1. The van der Waals surface area contributed by atoms with Crippen molar-refractivity contribution in [3.05, 3.63) is 72.7 Å². The average Bonchev–Trinajstić information content (AvgIpc) is 2.61. The minimum Gasteiger partial charge on any atom is -0.456 e. The van der Waals surface area contributed by atoms with E-state index in [1.807, 2.05) is 0 Å². The quantitative estimate of drug-likeness (QED) is 0.664. The molecule has 1 heterocycles. The van der Waals surface area contributed by atoms with E-state index in [-0.39, 0.29) is 5.69 Å². The fourth-order valence-electron chi connectivity index (χ4n) is 2.04. The van der Waals surface area contributed by atoms with Crippen LogP contribution in [0.2, 0.25) is 0 Å². The van der Waals surface area contributed by atoms with Crippen LogP contribution >= 0.6 is 0 Å². The molecule has 1 aromatic heterocycles. The number of urea groups is 1. The molecule has 0 bridgehead atoms. The lowest BCUT2D eigenvalue weighted by atomic mass is 10.3. The highest BCUT2D eigenvalue weighted by molar-refractivity contribution is 5.99. The third-order valence-electron chi connectivity index (χ3n) is 3.23. The van der Waals surface area contributed by atoms with E-state index in [0.29, 0.717) is 23.0 Å². The number of nitrogens with two attached hydrogens (primary N) is 1. The number of benzene rings is 2. The molecule has 0 aliphatic heterocycles. The Hall–Kier alpha value is -3.61. The van der Waals surface area contributed by atoms with Crippen LogP contribution in [0.1, 0.15) is 0 Å². The van der Waals surface area contributed by atoms with E-state index in [1.54, 1.807) is 48.5 Å². The zero-order valence-corrected chi connectivity index (χ0v) is 13.1. The number of carbonyl (C=O) groups is 1. The van der Waals surface area contributed by atoms with E-state index < -0.39 is 11.8 Å². The number of ether oxygens (including phenoxy) is 1. The minimum absolute atomic E-state index is 0.107. The Balaban J connectivity index is 1.59. The van der Waals surface area contributed by atoms with Crippen LogP contribution in [0.25, 0.3) is 0 Å². The first-order chi connectivity index (χ1) is 12.1. The zero-order chi connectivity index (χ0) is 17.6. The standard InChI is InChI=1S/C18H15FN4O2/c19-15-3-1-2-4-16(15)23-18(24)22-12-5-7-13(8-6-12)25-14-9-10-17(20)21-11-14/h1-11H,(H2,20,21)(H2,22,23,24). The molecule has 0 saturated heterocycles. The molecule has 3 aromatic rings. The maximum Gasteiger partial charge on any atom is 0.323 e. The second-order valence-electron chi connectivity index (χ2n) is 5.10. The van der Waals surface area contributed by atoms with Crippen molar-refractivity contribution in [2.45, 2.75) is 0 Å². The summed E-state index contributed by atoms with van der Waals surface area (Å²) in [6, 6.07) is 15.5. The smallest absolute Gasteiger partial charge is 0.323 e. The SMILES string of the molecule is Nc1ccc(Oc2ccc(NC(=O)Nc3ccccc3F)cc2)cn1. The van der Waals surface area contributed by atoms with Gasteiger partial charge in [-0.15, -0.1) is 0 Å². The number of halogens is 1. The van der Waals surface area contributed by atoms with E-state index >= 15 is 0 Å². The summed E-state index contributed by atoms with van der Waals surface area (Å²) < 4.78 is 19.1. The highest BCUT2D eigenvalue weighted by atomic mass is 19.1. The van der Waals surface area contributed by atoms with Crippen molar-refractivity contribution in [1.29, 1.82) is 0 Å². The topological polar surface area (TPSA) is 89.3 Å². The van der Waals surface area contributed by atoms with Crippen molar-refractivity contribution >= 4 is 23.2 Å². The lowest BCUT2D eigenvalue weighted by Gasteiger charge is -2.09. The molecule has 0 saturated carbocycles. The zero-order valence-electron chi connectivity index (χ0n) is 13.1. The minimum atomic E-state index is -0.540. The van der Waals surface area contributed by atoms with E-state index in [2.05, 4.69) is 15.6 Å². The van der Waals surface area contributed by atoms with Gasteiger partial charge in [-0.25, -0.2) is 14.2 Å². The second-order valence-corrected chi connectivity index (χ2v) is 5.10. The van der Waals surface area contributed by atoms with Gasteiger partial charge >= 0.3 is 6.03 Å². The van der Waals surface area contributed by atoms with E-state index in [1.165, 1.54) is 18.3 Å². The largest absolute Gasteiger partial charge is 0.456 e. The highest BCUT2D eigenvalue weighted by Crippen LogP contribution is 2.23. The van der Waals surface area contributed by atoms with Gasteiger partial charge in [-0.2, -0.15) is 0 Å². The summed E-state index contributed by atoms with van der Waals surface area (Å²) in [5.74, 6) is 1.03. The van der Waals surface area contributed by atoms with Gasteiger partial charge in [0.25, 0.3) is 0 Å². The van der Waals surface area contributed by atoms with Crippen LogP contribution in [0, 0.1) is 5.82 Å². The van der Waals surface area contributed by atoms with Gasteiger partial charge < -0.3 is 21.1 Å². The number of hydrogen-bond acceptors (Lipinski definition) is 4. The van der Waals surface area contributed by atoms with Gasteiger partial charge in [-0.1, -0.05) is 12.1 Å². The Morgan fingerprint density at radius 2 is 1.68 bits per heavy atom. The number of anilines is 3. The van der Waals surface area contributed by atoms with Crippen molar-refractivity contribution in [2.75, 3.05) is 16.4 Å².